The van der Waals surface area contributed by atoms with E-state index < -0.39 is 0 Å². The van der Waals surface area contributed by atoms with Gasteiger partial charge in [0.1, 0.15) is 0 Å². The standard InChI is InChI=1S/C11H12ClNO/c1-13(9-5-6-9)11-8(7-14)3-2-4-10(11)12/h2-4,7,9H,5-6H2,1H3. The number of hydrogen-bond acceptors (Lipinski definition) is 2. The predicted octanol–water partition coefficient (Wildman–Crippen LogP) is 2.75. The van der Waals surface area contributed by atoms with Crippen molar-refractivity contribution in [1.29, 1.82) is 0 Å². The highest BCUT2D eigenvalue weighted by molar-refractivity contribution is 6.33. The second kappa shape index (κ2) is 3.62. The lowest BCUT2D eigenvalue weighted by Crippen LogP contribution is -2.21. The minimum Gasteiger partial charge on any atom is -0.370 e. The Morgan fingerprint density at radius 1 is 1.50 bits per heavy atom. The Morgan fingerprint density at radius 3 is 2.79 bits per heavy atom. The van der Waals surface area contributed by atoms with Crippen molar-refractivity contribution in [3.05, 3.63) is 28.8 Å². The van der Waals surface area contributed by atoms with Gasteiger partial charge in [0.25, 0.3) is 0 Å². The van der Waals surface area contributed by atoms with Gasteiger partial charge in [-0.2, -0.15) is 0 Å². The lowest BCUT2D eigenvalue weighted by Gasteiger charge is -2.21. The number of para-hydroxylation sites is 1. The minimum atomic E-state index is 0.564. The molecule has 0 aromatic heterocycles. The summed E-state index contributed by atoms with van der Waals surface area (Å²) in [6.07, 6.45) is 3.25. The van der Waals surface area contributed by atoms with E-state index in [4.69, 9.17) is 11.6 Å². The van der Waals surface area contributed by atoms with E-state index in [2.05, 4.69) is 4.90 Å². The van der Waals surface area contributed by atoms with Crippen molar-refractivity contribution < 1.29 is 4.79 Å². The van der Waals surface area contributed by atoms with Crippen LogP contribution in [0.1, 0.15) is 23.2 Å². The highest BCUT2D eigenvalue weighted by atomic mass is 35.5. The Kier molecular flexibility index (Phi) is 2.46. The van der Waals surface area contributed by atoms with Gasteiger partial charge in [0.15, 0.2) is 6.29 Å². The van der Waals surface area contributed by atoms with Gasteiger partial charge in [-0.05, 0) is 25.0 Å². The van der Waals surface area contributed by atoms with Crippen LogP contribution in [-0.4, -0.2) is 19.4 Å². The molecule has 1 fully saturated rings. The van der Waals surface area contributed by atoms with Crippen molar-refractivity contribution in [2.45, 2.75) is 18.9 Å². The zero-order valence-electron chi connectivity index (χ0n) is 8.03. The van der Waals surface area contributed by atoms with Gasteiger partial charge in [0, 0.05) is 18.7 Å². The van der Waals surface area contributed by atoms with Gasteiger partial charge in [-0.15, -0.1) is 0 Å². The molecule has 0 radical (unpaired) electrons. The van der Waals surface area contributed by atoms with Crippen molar-refractivity contribution >= 4 is 23.6 Å². The number of hydrogen-bond donors (Lipinski definition) is 0. The summed E-state index contributed by atoms with van der Waals surface area (Å²) in [6.45, 7) is 0. The van der Waals surface area contributed by atoms with Crippen LogP contribution in [0.5, 0.6) is 0 Å². The maximum absolute atomic E-state index is 10.8. The maximum Gasteiger partial charge on any atom is 0.152 e. The quantitative estimate of drug-likeness (QED) is 0.714. The first kappa shape index (κ1) is 9.53. The molecule has 0 spiro atoms. The molecular weight excluding hydrogens is 198 g/mol. The Labute approximate surface area is 88.5 Å². The van der Waals surface area contributed by atoms with Gasteiger partial charge in [0.05, 0.1) is 10.7 Å². The van der Waals surface area contributed by atoms with Gasteiger partial charge in [-0.25, -0.2) is 0 Å². The lowest BCUT2D eigenvalue weighted by molar-refractivity contribution is 0.112. The molecule has 74 valence electrons. The van der Waals surface area contributed by atoms with Crippen molar-refractivity contribution in [1.82, 2.24) is 0 Å². The van der Waals surface area contributed by atoms with Crippen molar-refractivity contribution in [3.63, 3.8) is 0 Å². The fourth-order valence-electron chi connectivity index (χ4n) is 1.64. The summed E-state index contributed by atoms with van der Waals surface area (Å²) in [6, 6.07) is 5.99. The molecule has 0 aliphatic heterocycles. The number of rotatable bonds is 3. The largest absolute Gasteiger partial charge is 0.370 e. The van der Waals surface area contributed by atoms with Gasteiger partial charge < -0.3 is 4.90 Å². The molecule has 0 N–H and O–H groups in total. The smallest absolute Gasteiger partial charge is 0.152 e. The van der Waals surface area contributed by atoms with Gasteiger partial charge in [-0.3, -0.25) is 4.79 Å². The molecule has 0 saturated heterocycles. The van der Waals surface area contributed by atoms with Crippen LogP contribution in [0.3, 0.4) is 0 Å². The number of anilines is 1. The molecule has 2 nitrogen and oxygen atoms in total. The van der Waals surface area contributed by atoms with Gasteiger partial charge in [-0.1, -0.05) is 17.7 Å². The third-order valence-electron chi connectivity index (χ3n) is 2.59. The number of halogens is 1. The molecule has 14 heavy (non-hydrogen) atoms. The molecule has 0 amide bonds. The normalized spacial score (nSPS) is 15.3. The number of nitrogens with zero attached hydrogens (tertiary/aromatic N) is 1. The first-order valence-electron chi connectivity index (χ1n) is 4.70. The zero-order valence-corrected chi connectivity index (χ0v) is 8.79. The van der Waals surface area contributed by atoms with Crippen molar-refractivity contribution in [2.75, 3.05) is 11.9 Å². The summed E-state index contributed by atoms with van der Waals surface area (Å²) < 4.78 is 0. The van der Waals surface area contributed by atoms with E-state index in [-0.39, 0.29) is 0 Å². The highest BCUT2D eigenvalue weighted by Crippen LogP contribution is 2.36. The maximum atomic E-state index is 10.8. The van der Waals surface area contributed by atoms with Crippen LogP contribution in [-0.2, 0) is 0 Å². The predicted molar refractivity (Wildman–Crippen MR) is 58.3 cm³/mol. The summed E-state index contributed by atoms with van der Waals surface area (Å²) in [5.41, 5.74) is 1.54. The fourth-order valence-corrected chi connectivity index (χ4v) is 1.96. The molecule has 1 aromatic carbocycles. The third-order valence-corrected chi connectivity index (χ3v) is 2.90. The third kappa shape index (κ3) is 1.62. The summed E-state index contributed by atoms with van der Waals surface area (Å²) in [5, 5.41) is 0.656. The summed E-state index contributed by atoms with van der Waals surface area (Å²) >= 11 is 6.07. The molecule has 1 aromatic rings. The van der Waals surface area contributed by atoms with E-state index in [0.29, 0.717) is 16.6 Å². The molecule has 2 rings (SSSR count). The Hall–Kier alpha value is -1.02. The summed E-state index contributed by atoms with van der Waals surface area (Å²) in [5.74, 6) is 0. The molecule has 1 saturated carbocycles. The van der Waals surface area contributed by atoms with Crippen molar-refractivity contribution in [2.24, 2.45) is 0 Å². The topological polar surface area (TPSA) is 20.3 Å². The number of carbonyl (C=O) groups is 1. The van der Waals surface area contributed by atoms with Crippen LogP contribution in [0.4, 0.5) is 5.69 Å². The van der Waals surface area contributed by atoms with E-state index in [0.717, 1.165) is 12.0 Å². The first-order chi connectivity index (χ1) is 6.74. The van der Waals surface area contributed by atoms with E-state index in [9.17, 15) is 4.79 Å². The second-order valence-electron chi connectivity index (χ2n) is 3.64. The second-order valence-corrected chi connectivity index (χ2v) is 4.04. The monoisotopic (exact) mass is 209 g/mol. The van der Waals surface area contributed by atoms with Gasteiger partial charge in [0.2, 0.25) is 0 Å². The SMILES string of the molecule is CN(c1c(Cl)cccc1C=O)C1CC1. The van der Waals surface area contributed by atoms with Crippen LogP contribution in [0.25, 0.3) is 0 Å². The zero-order chi connectivity index (χ0) is 10.1. The van der Waals surface area contributed by atoms with Gasteiger partial charge >= 0.3 is 0 Å². The van der Waals surface area contributed by atoms with E-state index in [1.54, 1.807) is 12.1 Å². The Balaban J connectivity index is 2.42. The number of aldehydes is 1. The molecular formula is C11H12ClNO. The first-order valence-corrected chi connectivity index (χ1v) is 5.08. The Morgan fingerprint density at radius 2 is 2.21 bits per heavy atom. The van der Waals surface area contributed by atoms with E-state index in [1.807, 2.05) is 13.1 Å². The molecule has 0 atom stereocenters. The lowest BCUT2D eigenvalue weighted by atomic mass is 10.2. The van der Waals surface area contributed by atoms with E-state index >= 15 is 0 Å². The molecule has 0 unspecified atom stereocenters. The van der Waals surface area contributed by atoms with Crippen LogP contribution in [0, 0.1) is 0 Å². The van der Waals surface area contributed by atoms with Crippen molar-refractivity contribution in [3.8, 4) is 0 Å². The Bertz CT molecular complexity index is 360. The van der Waals surface area contributed by atoms with Crippen LogP contribution < -0.4 is 4.90 Å². The summed E-state index contributed by atoms with van der Waals surface area (Å²) in [7, 11) is 1.99. The van der Waals surface area contributed by atoms with Crippen LogP contribution in [0.15, 0.2) is 18.2 Å². The highest BCUT2D eigenvalue weighted by Gasteiger charge is 2.28. The molecule has 0 heterocycles. The van der Waals surface area contributed by atoms with Crippen LogP contribution in [0.2, 0.25) is 5.02 Å². The average Bonchev–Trinajstić information content (AvgIpc) is 2.99. The summed E-state index contributed by atoms with van der Waals surface area (Å²) in [4.78, 5) is 12.9. The van der Waals surface area contributed by atoms with Crippen LogP contribution >= 0.6 is 11.6 Å². The van der Waals surface area contributed by atoms with E-state index in [1.165, 1.54) is 12.8 Å². The number of carbonyl (C=O) groups excluding carboxylic acids is 1. The molecule has 1 aliphatic carbocycles. The molecule has 0 bridgehead atoms. The fraction of sp³-hybridized carbons (Fsp3) is 0.364. The minimum absolute atomic E-state index is 0.564. The average molecular weight is 210 g/mol. The molecule has 3 heteroatoms. The number of benzene rings is 1. The molecule has 1 aliphatic rings.